The van der Waals surface area contributed by atoms with Crippen molar-refractivity contribution < 1.29 is 47.8 Å². The summed E-state index contributed by atoms with van der Waals surface area (Å²) in [5.41, 5.74) is 0. The smallest absolute Gasteiger partial charge is 0.462 e. The molecule has 1 saturated carbocycles. The first-order valence-electron chi connectivity index (χ1n) is 20.1. The van der Waals surface area contributed by atoms with Crippen molar-refractivity contribution in [1.82, 2.24) is 0 Å². The molecule has 0 aromatic heterocycles. The number of hydrogen-bond acceptors (Lipinski definition) is 9. The van der Waals surface area contributed by atoms with Gasteiger partial charge in [0.1, 0.15) is 12.7 Å². The van der Waals surface area contributed by atoms with Gasteiger partial charge in [-0.05, 0) is 56.8 Å². The van der Waals surface area contributed by atoms with Gasteiger partial charge < -0.3 is 24.6 Å². The fourth-order valence-corrected chi connectivity index (χ4v) is 6.90. The molecule has 0 aromatic rings. The number of phosphoric ester groups is 1. The Hall–Kier alpha value is -1.29. The topological polar surface area (TPSA) is 149 Å². The summed E-state index contributed by atoms with van der Waals surface area (Å²) in [6.45, 7) is 2.37. The molecule has 294 valence electrons. The molecule has 3 N–H and O–H groups in total. The molecule has 0 aliphatic heterocycles. The summed E-state index contributed by atoms with van der Waals surface area (Å²) in [6, 6.07) is 0. The van der Waals surface area contributed by atoms with Crippen LogP contribution in [0.5, 0.6) is 0 Å². The summed E-state index contributed by atoms with van der Waals surface area (Å²) < 4.78 is 32.7. The molecular formula is C39H73O10P. The van der Waals surface area contributed by atoms with Gasteiger partial charge in [-0.2, -0.15) is 0 Å². The van der Waals surface area contributed by atoms with Crippen molar-refractivity contribution in [3.05, 3.63) is 12.2 Å². The van der Waals surface area contributed by atoms with Crippen LogP contribution < -0.4 is 0 Å². The molecular weight excluding hydrogens is 659 g/mol. The monoisotopic (exact) mass is 732 g/mol. The number of aliphatic hydroxyl groups is 2. The highest BCUT2D eigenvalue weighted by molar-refractivity contribution is 7.47. The minimum Gasteiger partial charge on any atom is -0.462 e. The summed E-state index contributed by atoms with van der Waals surface area (Å²) in [7, 11) is -4.61. The predicted molar refractivity (Wildman–Crippen MR) is 199 cm³/mol. The third-order valence-electron chi connectivity index (χ3n) is 9.39. The minimum atomic E-state index is -4.61. The summed E-state index contributed by atoms with van der Waals surface area (Å²) >= 11 is 0. The molecule has 0 heterocycles. The van der Waals surface area contributed by atoms with Crippen LogP contribution in [0.3, 0.4) is 0 Å². The second-order valence-electron chi connectivity index (χ2n) is 14.2. The number of carbonyl (C=O) groups excluding carboxylic acids is 2. The van der Waals surface area contributed by atoms with Crippen molar-refractivity contribution in [3.63, 3.8) is 0 Å². The van der Waals surface area contributed by atoms with Crippen LogP contribution in [0.1, 0.15) is 174 Å². The fraction of sp³-hybridized carbons (Fsp3) is 0.897. The summed E-state index contributed by atoms with van der Waals surface area (Å²) in [4.78, 5) is 34.9. The van der Waals surface area contributed by atoms with E-state index in [1.54, 1.807) is 0 Å². The third-order valence-corrected chi connectivity index (χ3v) is 10.3. The van der Waals surface area contributed by atoms with E-state index >= 15 is 0 Å². The van der Waals surface area contributed by atoms with Gasteiger partial charge in [0.2, 0.25) is 0 Å². The van der Waals surface area contributed by atoms with E-state index in [-0.39, 0.29) is 19.4 Å². The maximum absolute atomic E-state index is 12.6. The van der Waals surface area contributed by atoms with Gasteiger partial charge in [-0.15, -0.1) is 0 Å². The van der Waals surface area contributed by atoms with E-state index in [4.69, 9.17) is 19.1 Å². The molecule has 1 aliphatic rings. The Kier molecular flexibility index (Phi) is 29.2. The number of ether oxygens (including phenoxy) is 2. The average Bonchev–Trinajstić information content (AvgIpc) is 3.86. The summed E-state index contributed by atoms with van der Waals surface area (Å²) in [6.07, 6.45) is 29.4. The first kappa shape index (κ1) is 46.7. The molecule has 0 radical (unpaired) electrons. The molecule has 1 rings (SSSR count). The Balaban J connectivity index is 2.29. The molecule has 5 atom stereocenters. The number of rotatable bonds is 36. The van der Waals surface area contributed by atoms with Crippen LogP contribution in [0.2, 0.25) is 0 Å². The predicted octanol–water partition coefficient (Wildman–Crippen LogP) is 9.52. The highest BCUT2D eigenvalue weighted by Crippen LogP contribution is 2.46. The highest BCUT2D eigenvalue weighted by Gasteiger charge is 2.35. The maximum atomic E-state index is 12.6. The van der Waals surface area contributed by atoms with Crippen LogP contribution in [0.25, 0.3) is 0 Å². The molecule has 0 spiro atoms. The van der Waals surface area contributed by atoms with Gasteiger partial charge in [0.25, 0.3) is 0 Å². The van der Waals surface area contributed by atoms with Crippen molar-refractivity contribution in [2.45, 2.75) is 187 Å². The zero-order chi connectivity index (χ0) is 36.7. The van der Waals surface area contributed by atoms with E-state index in [9.17, 15) is 24.2 Å². The molecule has 50 heavy (non-hydrogen) atoms. The van der Waals surface area contributed by atoms with E-state index in [1.165, 1.54) is 77.0 Å². The first-order valence-corrected chi connectivity index (χ1v) is 21.6. The Morgan fingerprint density at radius 1 is 0.680 bits per heavy atom. The van der Waals surface area contributed by atoms with Crippen molar-refractivity contribution in [2.24, 2.45) is 11.8 Å². The number of esters is 2. The van der Waals surface area contributed by atoms with Crippen LogP contribution in [0.4, 0.5) is 0 Å². The molecule has 0 amide bonds. The molecule has 11 heteroatoms. The van der Waals surface area contributed by atoms with Crippen molar-refractivity contribution in [1.29, 1.82) is 0 Å². The van der Waals surface area contributed by atoms with Crippen LogP contribution in [0.15, 0.2) is 12.2 Å². The second kappa shape index (κ2) is 31.3. The van der Waals surface area contributed by atoms with E-state index in [1.807, 2.05) is 0 Å². The van der Waals surface area contributed by atoms with E-state index in [2.05, 4.69) is 30.5 Å². The Morgan fingerprint density at radius 3 is 1.74 bits per heavy atom. The lowest BCUT2D eigenvalue weighted by Gasteiger charge is -2.20. The maximum Gasteiger partial charge on any atom is 0.472 e. The standard InChI is InChI=1S/C39H73O10P/c1-3-5-7-9-10-11-12-13-14-15-16-19-23-27-38(42)46-32-37(33-48-50(44,45)47-31-36(41)30-40)49-39(43)28-24-20-17-18-22-26-35-29-34(35)25-21-8-6-4-2/h11-12,34-37,40-41H,3-10,13-33H2,1-2H3,(H,44,45)/b12-11-. The normalized spacial score (nSPS) is 18.2. The zero-order valence-corrected chi connectivity index (χ0v) is 32.5. The lowest BCUT2D eigenvalue weighted by molar-refractivity contribution is -0.161. The lowest BCUT2D eigenvalue weighted by atomic mass is 10.0. The Morgan fingerprint density at radius 2 is 1.16 bits per heavy atom. The molecule has 0 aromatic carbocycles. The van der Waals surface area contributed by atoms with E-state index in [0.29, 0.717) is 12.8 Å². The summed E-state index contributed by atoms with van der Waals surface area (Å²) in [5.74, 6) is 0.954. The van der Waals surface area contributed by atoms with Gasteiger partial charge in [-0.25, -0.2) is 4.57 Å². The van der Waals surface area contributed by atoms with Crippen LogP contribution >= 0.6 is 7.82 Å². The van der Waals surface area contributed by atoms with Gasteiger partial charge >= 0.3 is 19.8 Å². The number of unbranched alkanes of at least 4 members (excludes halogenated alkanes) is 16. The average molecular weight is 733 g/mol. The Bertz CT molecular complexity index is 913. The van der Waals surface area contributed by atoms with Gasteiger partial charge in [-0.3, -0.25) is 18.6 Å². The van der Waals surface area contributed by atoms with Crippen LogP contribution in [-0.2, 0) is 32.7 Å². The zero-order valence-electron chi connectivity index (χ0n) is 31.6. The van der Waals surface area contributed by atoms with Crippen LogP contribution in [-0.4, -0.2) is 65.7 Å². The number of hydrogen-bond donors (Lipinski definition) is 3. The largest absolute Gasteiger partial charge is 0.472 e. The van der Waals surface area contributed by atoms with Gasteiger partial charge in [0, 0.05) is 12.8 Å². The van der Waals surface area contributed by atoms with Crippen LogP contribution in [0, 0.1) is 11.8 Å². The van der Waals surface area contributed by atoms with Crippen molar-refractivity contribution >= 4 is 19.8 Å². The highest BCUT2D eigenvalue weighted by atomic mass is 31.2. The lowest BCUT2D eigenvalue weighted by Crippen LogP contribution is -2.29. The van der Waals surface area contributed by atoms with E-state index < -0.39 is 51.8 Å². The SMILES string of the molecule is CCCCCC/C=C\CCCCCCCC(=O)OCC(COP(=O)(O)OCC(O)CO)OC(=O)CCCCCCCC1CC1CCCCCC. The number of phosphoric acid groups is 1. The Labute approximate surface area is 304 Å². The van der Waals surface area contributed by atoms with E-state index in [0.717, 1.165) is 69.6 Å². The van der Waals surface area contributed by atoms with Crippen molar-refractivity contribution in [3.8, 4) is 0 Å². The first-order chi connectivity index (χ1) is 24.2. The molecule has 5 unspecified atom stereocenters. The molecule has 1 fully saturated rings. The van der Waals surface area contributed by atoms with Crippen molar-refractivity contribution in [2.75, 3.05) is 26.4 Å². The van der Waals surface area contributed by atoms with Gasteiger partial charge in [0.15, 0.2) is 6.10 Å². The number of aliphatic hydroxyl groups excluding tert-OH is 2. The summed E-state index contributed by atoms with van der Waals surface area (Å²) in [5, 5.41) is 18.3. The molecule has 0 saturated heterocycles. The number of carbonyl (C=O) groups is 2. The van der Waals surface area contributed by atoms with Gasteiger partial charge in [-0.1, -0.05) is 129 Å². The van der Waals surface area contributed by atoms with Gasteiger partial charge in [0.05, 0.1) is 19.8 Å². The second-order valence-corrected chi connectivity index (χ2v) is 15.7. The fourth-order valence-electron chi connectivity index (χ4n) is 6.11. The molecule has 0 bridgehead atoms. The number of allylic oxidation sites excluding steroid dienone is 2. The molecule has 1 aliphatic carbocycles. The quantitative estimate of drug-likeness (QED) is 0.0246. The third kappa shape index (κ3) is 28.3. The minimum absolute atomic E-state index is 0.192. The molecule has 10 nitrogen and oxygen atoms in total.